The van der Waals surface area contributed by atoms with Crippen LogP contribution in [0.3, 0.4) is 0 Å². The quantitative estimate of drug-likeness (QED) is 0.376. The minimum absolute atomic E-state index is 0.198. The number of halogens is 1. The molecule has 4 N–H and O–H groups in total. The van der Waals surface area contributed by atoms with Crippen molar-refractivity contribution in [3.63, 3.8) is 0 Å². The molecule has 196 valence electrons. The van der Waals surface area contributed by atoms with E-state index in [4.69, 9.17) is 29.9 Å². The van der Waals surface area contributed by atoms with E-state index in [9.17, 15) is 18.8 Å². The van der Waals surface area contributed by atoms with Crippen LogP contribution in [0.1, 0.15) is 29.9 Å². The van der Waals surface area contributed by atoms with Gasteiger partial charge in [-0.15, -0.1) is 0 Å². The molecule has 1 saturated heterocycles. The minimum Gasteiger partial charge on any atom is -0.497 e. The Labute approximate surface area is 207 Å². The highest BCUT2D eigenvalue weighted by molar-refractivity contribution is 5.88. The van der Waals surface area contributed by atoms with Crippen LogP contribution in [-0.2, 0) is 25.7 Å². The van der Waals surface area contributed by atoms with E-state index in [1.165, 1.54) is 17.7 Å². The molecular weight excluding hydrogens is 477 g/mol. The first kappa shape index (κ1) is 28.7. The van der Waals surface area contributed by atoms with Crippen molar-refractivity contribution in [3.05, 3.63) is 65.5 Å². The molecule has 0 radical (unpaired) electrons. The maximum atomic E-state index is 13.1. The van der Waals surface area contributed by atoms with Gasteiger partial charge in [0.1, 0.15) is 11.6 Å². The van der Waals surface area contributed by atoms with E-state index in [-0.39, 0.29) is 11.7 Å². The van der Waals surface area contributed by atoms with Crippen molar-refractivity contribution >= 4 is 17.9 Å². The first-order chi connectivity index (χ1) is 16.9. The van der Waals surface area contributed by atoms with Gasteiger partial charge in [-0.3, -0.25) is 14.5 Å². The molecular formula is C25H30FNO9. The van der Waals surface area contributed by atoms with Crippen LogP contribution in [0.25, 0.3) is 0 Å². The zero-order valence-electron chi connectivity index (χ0n) is 20.0. The molecule has 10 nitrogen and oxygen atoms in total. The summed E-state index contributed by atoms with van der Waals surface area (Å²) >= 11 is 0. The second-order valence-electron chi connectivity index (χ2n) is 8.50. The second kappa shape index (κ2) is 13.0. The van der Waals surface area contributed by atoms with E-state index in [2.05, 4.69) is 24.1 Å². The Balaban J connectivity index is 0.000000302. The molecule has 3 rings (SSSR count). The van der Waals surface area contributed by atoms with E-state index < -0.39 is 36.4 Å². The van der Waals surface area contributed by atoms with Gasteiger partial charge in [0.25, 0.3) is 0 Å². The summed E-state index contributed by atoms with van der Waals surface area (Å²) in [6.07, 6.45) is -2.29. The number of carboxylic acid groups (broad SMARTS) is 3. The van der Waals surface area contributed by atoms with Gasteiger partial charge in [0.2, 0.25) is 0 Å². The molecule has 1 fully saturated rings. The highest BCUT2D eigenvalue weighted by atomic mass is 19.1. The fourth-order valence-electron chi connectivity index (χ4n) is 3.86. The Morgan fingerprint density at radius 1 is 1.00 bits per heavy atom. The van der Waals surface area contributed by atoms with Crippen molar-refractivity contribution in [2.24, 2.45) is 0 Å². The molecule has 0 amide bonds. The van der Waals surface area contributed by atoms with Crippen molar-refractivity contribution in [1.82, 2.24) is 4.90 Å². The number of benzene rings is 2. The summed E-state index contributed by atoms with van der Waals surface area (Å²) in [5, 5.41) is 33.8. The first-order valence-electron chi connectivity index (χ1n) is 11.0. The number of methoxy groups -OCH3 is 1. The number of ether oxygens (including phenoxy) is 2. The minimum atomic E-state index is -2.74. The van der Waals surface area contributed by atoms with Gasteiger partial charge >= 0.3 is 17.9 Å². The zero-order valence-corrected chi connectivity index (χ0v) is 20.0. The fraction of sp³-hybridized carbons (Fsp3) is 0.400. The molecule has 36 heavy (non-hydrogen) atoms. The van der Waals surface area contributed by atoms with Crippen molar-refractivity contribution in [1.29, 1.82) is 0 Å². The molecule has 0 saturated carbocycles. The SMILES string of the molecule is COc1ccc(CN(C)[C@@H]2COC[C@H]2c2ccc(F)cc2)cc1.O=C(O)CC(O)(CC(=O)O)C(=O)O. The molecule has 0 bridgehead atoms. The summed E-state index contributed by atoms with van der Waals surface area (Å²) in [4.78, 5) is 32.8. The lowest BCUT2D eigenvalue weighted by Gasteiger charge is -2.28. The highest BCUT2D eigenvalue weighted by Crippen LogP contribution is 2.30. The Morgan fingerprint density at radius 3 is 2.03 bits per heavy atom. The molecule has 0 aromatic heterocycles. The summed E-state index contributed by atoms with van der Waals surface area (Å²) in [5.74, 6) is -4.07. The molecule has 11 heteroatoms. The summed E-state index contributed by atoms with van der Waals surface area (Å²) in [7, 11) is 3.78. The molecule has 1 aliphatic rings. The van der Waals surface area contributed by atoms with Crippen LogP contribution >= 0.6 is 0 Å². The molecule has 0 aliphatic carbocycles. The van der Waals surface area contributed by atoms with Crippen molar-refractivity contribution < 1.29 is 48.7 Å². The summed E-state index contributed by atoms with van der Waals surface area (Å²) in [6, 6.07) is 15.2. The Kier molecular flexibility index (Phi) is 10.3. The van der Waals surface area contributed by atoms with Crippen LogP contribution in [0.2, 0.25) is 0 Å². The largest absolute Gasteiger partial charge is 0.497 e. The number of hydrogen-bond donors (Lipinski definition) is 4. The van der Waals surface area contributed by atoms with E-state index in [1.807, 2.05) is 24.3 Å². The second-order valence-corrected chi connectivity index (χ2v) is 8.50. The Bertz CT molecular complexity index is 1010. The van der Waals surface area contributed by atoms with Gasteiger partial charge in [-0.1, -0.05) is 24.3 Å². The van der Waals surface area contributed by atoms with Gasteiger partial charge < -0.3 is 29.9 Å². The third-order valence-corrected chi connectivity index (χ3v) is 5.79. The number of likely N-dealkylation sites (N-methyl/N-ethyl adjacent to an activating group) is 1. The average molecular weight is 508 g/mol. The van der Waals surface area contributed by atoms with Gasteiger partial charge in [0.15, 0.2) is 5.60 Å². The standard InChI is InChI=1S/C19H22FNO2.C6H8O7/c1-21(11-14-3-9-17(22-2)10-4-14)19-13-23-12-18(19)15-5-7-16(20)8-6-15;7-3(8)1-6(13,5(11)12)2-4(9)10/h3-10,18-19H,11-13H2,1-2H3;13H,1-2H2,(H,7,8)(H,9,10)(H,11,12)/t18-,19+;/m0./s1. The van der Waals surface area contributed by atoms with E-state index in [1.54, 1.807) is 7.11 Å². The van der Waals surface area contributed by atoms with Gasteiger partial charge in [0.05, 0.1) is 33.2 Å². The number of nitrogens with zero attached hydrogens (tertiary/aromatic N) is 1. The van der Waals surface area contributed by atoms with E-state index >= 15 is 0 Å². The van der Waals surface area contributed by atoms with Crippen LogP contribution in [0.15, 0.2) is 48.5 Å². The molecule has 0 unspecified atom stereocenters. The Hall–Kier alpha value is -3.54. The van der Waals surface area contributed by atoms with E-state index in [0.717, 1.165) is 17.9 Å². The van der Waals surface area contributed by atoms with Crippen molar-refractivity contribution in [2.45, 2.75) is 36.9 Å². The van der Waals surface area contributed by atoms with Crippen LogP contribution in [0.4, 0.5) is 4.39 Å². The molecule has 2 aromatic rings. The number of rotatable bonds is 10. The Morgan fingerprint density at radius 2 is 1.56 bits per heavy atom. The average Bonchev–Trinajstić information content (AvgIpc) is 3.29. The lowest BCUT2D eigenvalue weighted by molar-refractivity contribution is -0.170. The summed E-state index contributed by atoms with van der Waals surface area (Å²) in [5.41, 5.74) is -0.369. The molecule has 1 heterocycles. The van der Waals surface area contributed by atoms with Crippen LogP contribution in [0, 0.1) is 5.82 Å². The maximum Gasteiger partial charge on any atom is 0.336 e. The molecule has 1 aliphatic heterocycles. The predicted octanol–water partition coefficient (Wildman–Crippen LogP) is 2.20. The smallest absolute Gasteiger partial charge is 0.336 e. The van der Waals surface area contributed by atoms with Crippen molar-refractivity contribution in [3.8, 4) is 5.75 Å². The lowest BCUT2D eigenvalue weighted by atomic mass is 9.93. The molecule has 0 spiro atoms. The van der Waals surface area contributed by atoms with Crippen LogP contribution < -0.4 is 4.74 Å². The number of carboxylic acids is 3. The number of aliphatic hydroxyl groups is 1. The van der Waals surface area contributed by atoms with Gasteiger partial charge in [-0.2, -0.15) is 0 Å². The number of aliphatic carboxylic acids is 3. The monoisotopic (exact) mass is 507 g/mol. The zero-order chi connectivity index (χ0) is 26.9. The fourth-order valence-corrected chi connectivity index (χ4v) is 3.86. The van der Waals surface area contributed by atoms with Crippen molar-refractivity contribution in [2.75, 3.05) is 27.4 Å². The number of carbonyl (C=O) groups is 3. The van der Waals surface area contributed by atoms with Crippen LogP contribution in [-0.4, -0.2) is 82.2 Å². The maximum absolute atomic E-state index is 13.1. The highest BCUT2D eigenvalue weighted by Gasteiger charge is 2.40. The predicted molar refractivity (Wildman–Crippen MR) is 125 cm³/mol. The summed E-state index contributed by atoms with van der Waals surface area (Å²) < 4.78 is 24.0. The van der Waals surface area contributed by atoms with E-state index in [0.29, 0.717) is 19.3 Å². The normalized spacial score (nSPS) is 17.2. The van der Waals surface area contributed by atoms with Gasteiger partial charge in [0, 0.05) is 18.5 Å². The first-order valence-corrected chi connectivity index (χ1v) is 11.0. The topological polar surface area (TPSA) is 154 Å². The third kappa shape index (κ3) is 8.29. The van der Waals surface area contributed by atoms with Gasteiger partial charge in [-0.05, 0) is 42.4 Å². The molecule has 2 atom stereocenters. The number of hydrogen-bond acceptors (Lipinski definition) is 7. The third-order valence-electron chi connectivity index (χ3n) is 5.79. The molecule has 2 aromatic carbocycles. The van der Waals surface area contributed by atoms with Crippen LogP contribution in [0.5, 0.6) is 5.75 Å². The van der Waals surface area contributed by atoms with Gasteiger partial charge in [-0.25, -0.2) is 9.18 Å². The summed E-state index contributed by atoms with van der Waals surface area (Å²) in [6.45, 7) is 2.23. The lowest BCUT2D eigenvalue weighted by Crippen LogP contribution is -2.42.